The van der Waals surface area contributed by atoms with Gasteiger partial charge in [-0.15, -0.1) is 0 Å². The van der Waals surface area contributed by atoms with Crippen molar-refractivity contribution in [1.82, 2.24) is 9.80 Å². The minimum atomic E-state index is 0.856. The standard InChI is InChI=1S/C20H30ClN3.C2H6/c1-16-11-18(21)13-20(12-16)23-9-7-22(8-10-23)14-17-3-2-6-24(15-17)19-4-5-19;1-2/h11-13,17,19H,2-10,14-15H2,1H3;1-2H3. The molecule has 1 unspecified atom stereocenters. The van der Waals surface area contributed by atoms with Crippen LogP contribution in [0.1, 0.15) is 45.1 Å². The fraction of sp³-hybridized carbons (Fsp3) is 0.727. The molecular weight excluding hydrogens is 342 g/mol. The van der Waals surface area contributed by atoms with Crippen molar-refractivity contribution >= 4 is 17.3 Å². The summed E-state index contributed by atoms with van der Waals surface area (Å²) in [5.41, 5.74) is 2.54. The zero-order chi connectivity index (χ0) is 18.5. The molecule has 0 spiro atoms. The quantitative estimate of drug-likeness (QED) is 0.754. The van der Waals surface area contributed by atoms with Crippen LogP contribution in [0, 0.1) is 12.8 Å². The van der Waals surface area contributed by atoms with Gasteiger partial charge in [0.1, 0.15) is 0 Å². The maximum absolute atomic E-state index is 6.23. The molecule has 0 aromatic heterocycles. The number of piperazine rings is 1. The van der Waals surface area contributed by atoms with Gasteiger partial charge in [-0.25, -0.2) is 0 Å². The van der Waals surface area contributed by atoms with E-state index in [9.17, 15) is 0 Å². The smallest absolute Gasteiger partial charge is 0.0429 e. The monoisotopic (exact) mass is 377 g/mol. The summed E-state index contributed by atoms with van der Waals surface area (Å²) in [6, 6.07) is 7.35. The van der Waals surface area contributed by atoms with Crippen LogP contribution >= 0.6 is 11.6 Å². The van der Waals surface area contributed by atoms with Crippen LogP contribution in [0.2, 0.25) is 5.02 Å². The molecular formula is C22H36ClN3. The van der Waals surface area contributed by atoms with Gasteiger partial charge in [-0.05, 0) is 68.8 Å². The van der Waals surface area contributed by atoms with E-state index in [1.54, 1.807) is 0 Å². The SMILES string of the molecule is CC.Cc1cc(Cl)cc(N2CCN(CC3CCCN(C4CC4)C3)CC2)c1. The number of anilines is 1. The number of likely N-dealkylation sites (tertiary alicyclic amines) is 1. The second-order valence-corrected chi connectivity index (χ2v) is 8.45. The first-order chi connectivity index (χ1) is 12.7. The molecule has 0 bridgehead atoms. The zero-order valence-electron chi connectivity index (χ0n) is 16.9. The summed E-state index contributed by atoms with van der Waals surface area (Å²) in [5.74, 6) is 0.888. The Kier molecular flexibility index (Phi) is 7.25. The van der Waals surface area contributed by atoms with E-state index < -0.39 is 0 Å². The van der Waals surface area contributed by atoms with Gasteiger partial charge in [-0.2, -0.15) is 0 Å². The maximum Gasteiger partial charge on any atom is 0.0429 e. The Balaban J connectivity index is 0.000000948. The van der Waals surface area contributed by atoms with Gasteiger partial charge in [0, 0.05) is 56.0 Å². The topological polar surface area (TPSA) is 9.72 Å². The van der Waals surface area contributed by atoms with E-state index in [2.05, 4.69) is 33.8 Å². The predicted octanol–water partition coefficient (Wildman–Crippen LogP) is 4.67. The Labute approximate surface area is 165 Å². The number of hydrogen-bond donors (Lipinski definition) is 0. The second kappa shape index (κ2) is 9.43. The van der Waals surface area contributed by atoms with Crippen LogP contribution < -0.4 is 4.90 Å². The average Bonchev–Trinajstić information content (AvgIpc) is 3.49. The van der Waals surface area contributed by atoms with Crippen molar-refractivity contribution in [2.75, 3.05) is 50.7 Å². The Morgan fingerprint density at radius 1 is 0.962 bits per heavy atom. The largest absolute Gasteiger partial charge is 0.369 e. The molecule has 0 radical (unpaired) electrons. The van der Waals surface area contributed by atoms with Crippen LogP contribution in [0.4, 0.5) is 5.69 Å². The highest BCUT2D eigenvalue weighted by atomic mass is 35.5. The third-order valence-corrected chi connectivity index (χ3v) is 6.11. The first-order valence-corrected chi connectivity index (χ1v) is 11.0. The van der Waals surface area contributed by atoms with E-state index in [0.717, 1.165) is 30.1 Å². The fourth-order valence-electron chi connectivity index (χ4n) is 4.47. The lowest BCUT2D eigenvalue weighted by Crippen LogP contribution is -2.49. The van der Waals surface area contributed by atoms with Crippen LogP contribution in [0.3, 0.4) is 0 Å². The molecule has 1 aliphatic carbocycles. The van der Waals surface area contributed by atoms with Crippen LogP contribution in [0.25, 0.3) is 0 Å². The molecule has 1 atom stereocenters. The molecule has 2 heterocycles. The number of piperidine rings is 1. The fourth-order valence-corrected chi connectivity index (χ4v) is 4.75. The molecule has 3 aliphatic rings. The lowest BCUT2D eigenvalue weighted by Gasteiger charge is -2.40. The third-order valence-electron chi connectivity index (χ3n) is 5.89. The number of halogens is 1. The summed E-state index contributed by atoms with van der Waals surface area (Å²) in [4.78, 5) is 7.95. The molecule has 146 valence electrons. The highest BCUT2D eigenvalue weighted by Gasteiger charge is 2.33. The van der Waals surface area contributed by atoms with Crippen molar-refractivity contribution in [3.05, 3.63) is 28.8 Å². The maximum atomic E-state index is 6.23. The van der Waals surface area contributed by atoms with E-state index in [-0.39, 0.29) is 0 Å². The minimum Gasteiger partial charge on any atom is -0.369 e. The number of benzene rings is 1. The molecule has 1 aromatic rings. The van der Waals surface area contributed by atoms with Crippen molar-refractivity contribution in [3.63, 3.8) is 0 Å². The van der Waals surface area contributed by atoms with Gasteiger partial charge in [0.15, 0.2) is 0 Å². The molecule has 0 N–H and O–H groups in total. The van der Waals surface area contributed by atoms with Gasteiger partial charge in [0.2, 0.25) is 0 Å². The summed E-state index contributed by atoms with van der Waals surface area (Å²) in [6.45, 7) is 14.7. The van der Waals surface area contributed by atoms with E-state index in [4.69, 9.17) is 11.6 Å². The highest BCUT2D eigenvalue weighted by molar-refractivity contribution is 6.30. The van der Waals surface area contributed by atoms with E-state index in [0.29, 0.717) is 0 Å². The Hall–Kier alpha value is -0.770. The molecule has 4 rings (SSSR count). The first kappa shape index (κ1) is 20.0. The normalized spacial score (nSPS) is 24.9. The highest BCUT2D eigenvalue weighted by Crippen LogP contribution is 2.31. The van der Waals surface area contributed by atoms with Crippen LogP contribution in [0.5, 0.6) is 0 Å². The van der Waals surface area contributed by atoms with Crippen molar-refractivity contribution in [2.24, 2.45) is 5.92 Å². The molecule has 26 heavy (non-hydrogen) atoms. The van der Waals surface area contributed by atoms with Crippen molar-refractivity contribution in [3.8, 4) is 0 Å². The van der Waals surface area contributed by atoms with Crippen LogP contribution in [-0.2, 0) is 0 Å². The molecule has 2 saturated heterocycles. The second-order valence-electron chi connectivity index (χ2n) is 8.01. The molecule has 1 aromatic carbocycles. The lowest BCUT2D eigenvalue weighted by molar-refractivity contribution is 0.124. The molecule has 3 fully saturated rings. The van der Waals surface area contributed by atoms with Crippen LogP contribution in [-0.4, -0.2) is 61.7 Å². The Morgan fingerprint density at radius 2 is 1.69 bits per heavy atom. The number of rotatable bonds is 4. The van der Waals surface area contributed by atoms with Crippen molar-refractivity contribution in [1.29, 1.82) is 0 Å². The summed E-state index contributed by atoms with van der Waals surface area (Å²) >= 11 is 6.23. The Morgan fingerprint density at radius 3 is 2.35 bits per heavy atom. The van der Waals surface area contributed by atoms with Gasteiger partial charge in [-0.1, -0.05) is 25.4 Å². The molecule has 2 aliphatic heterocycles. The van der Waals surface area contributed by atoms with Gasteiger partial charge < -0.3 is 9.80 Å². The van der Waals surface area contributed by atoms with E-state index >= 15 is 0 Å². The molecule has 1 saturated carbocycles. The lowest BCUT2D eigenvalue weighted by atomic mass is 9.97. The minimum absolute atomic E-state index is 0.856. The zero-order valence-corrected chi connectivity index (χ0v) is 17.6. The molecule has 4 heteroatoms. The average molecular weight is 378 g/mol. The molecule has 3 nitrogen and oxygen atoms in total. The number of aryl methyl sites for hydroxylation is 1. The van der Waals surface area contributed by atoms with Crippen molar-refractivity contribution < 1.29 is 0 Å². The third kappa shape index (κ3) is 5.37. The summed E-state index contributed by atoms with van der Waals surface area (Å²) in [6.07, 6.45) is 5.73. The predicted molar refractivity (Wildman–Crippen MR) is 114 cm³/mol. The molecule has 0 amide bonds. The summed E-state index contributed by atoms with van der Waals surface area (Å²) in [7, 11) is 0. The summed E-state index contributed by atoms with van der Waals surface area (Å²) < 4.78 is 0. The number of hydrogen-bond acceptors (Lipinski definition) is 3. The van der Waals surface area contributed by atoms with Gasteiger partial charge in [0.25, 0.3) is 0 Å². The summed E-state index contributed by atoms with van der Waals surface area (Å²) in [5, 5.41) is 0.856. The number of nitrogens with zero attached hydrogens (tertiary/aromatic N) is 3. The van der Waals surface area contributed by atoms with Gasteiger partial charge in [-0.3, -0.25) is 4.90 Å². The van der Waals surface area contributed by atoms with Crippen molar-refractivity contribution in [2.45, 2.75) is 52.5 Å². The van der Waals surface area contributed by atoms with Gasteiger partial charge >= 0.3 is 0 Å². The van der Waals surface area contributed by atoms with E-state index in [1.165, 1.54) is 69.7 Å². The van der Waals surface area contributed by atoms with E-state index in [1.807, 2.05) is 19.9 Å². The first-order valence-electron chi connectivity index (χ1n) is 10.7. The Bertz CT molecular complexity index is 544. The van der Waals surface area contributed by atoms with Crippen LogP contribution in [0.15, 0.2) is 18.2 Å². The van der Waals surface area contributed by atoms with Gasteiger partial charge in [0.05, 0.1) is 0 Å².